The van der Waals surface area contributed by atoms with Crippen LogP contribution in [0.4, 0.5) is 0 Å². The molecule has 3 aromatic carbocycles. The first-order chi connectivity index (χ1) is 13.3. The Morgan fingerprint density at radius 2 is 1.37 bits per heavy atom. The SMILES string of the molecule is COc1ccc(-n2c(-c3ccccc3)cc(-c3ccccc3)nc2=O)cc1. The summed E-state index contributed by atoms with van der Waals surface area (Å²) in [4.78, 5) is 17.3. The van der Waals surface area contributed by atoms with Crippen LogP contribution in [0.15, 0.2) is 95.8 Å². The fourth-order valence-electron chi connectivity index (χ4n) is 3.04. The number of nitrogens with zero attached hydrogens (tertiary/aromatic N) is 2. The zero-order valence-electron chi connectivity index (χ0n) is 14.9. The van der Waals surface area contributed by atoms with Crippen LogP contribution in [-0.2, 0) is 0 Å². The second kappa shape index (κ2) is 7.30. The van der Waals surface area contributed by atoms with E-state index in [1.807, 2.05) is 91.0 Å². The molecule has 0 unspecified atom stereocenters. The van der Waals surface area contributed by atoms with Gasteiger partial charge in [-0.15, -0.1) is 0 Å². The van der Waals surface area contributed by atoms with Crippen molar-refractivity contribution in [1.29, 1.82) is 0 Å². The van der Waals surface area contributed by atoms with E-state index in [0.29, 0.717) is 5.69 Å². The minimum absolute atomic E-state index is 0.319. The van der Waals surface area contributed by atoms with Gasteiger partial charge in [0.2, 0.25) is 0 Å². The maximum Gasteiger partial charge on any atom is 0.353 e. The summed E-state index contributed by atoms with van der Waals surface area (Å²) in [5, 5.41) is 0. The normalized spacial score (nSPS) is 10.6. The third-order valence-corrected chi connectivity index (χ3v) is 4.39. The quantitative estimate of drug-likeness (QED) is 0.539. The van der Waals surface area contributed by atoms with E-state index in [1.165, 1.54) is 0 Å². The van der Waals surface area contributed by atoms with Crippen LogP contribution in [0.2, 0.25) is 0 Å². The van der Waals surface area contributed by atoms with E-state index in [4.69, 9.17) is 4.74 Å². The lowest BCUT2D eigenvalue weighted by atomic mass is 10.1. The molecule has 0 saturated heterocycles. The molecule has 0 aliphatic heterocycles. The topological polar surface area (TPSA) is 44.1 Å². The van der Waals surface area contributed by atoms with Crippen molar-refractivity contribution in [3.63, 3.8) is 0 Å². The van der Waals surface area contributed by atoms with Crippen LogP contribution in [0.5, 0.6) is 5.75 Å². The van der Waals surface area contributed by atoms with Gasteiger partial charge in [0.25, 0.3) is 0 Å². The third kappa shape index (κ3) is 3.37. The van der Waals surface area contributed by atoms with Gasteiger partial charge in [-0.3, -0.25) is 4.57 Å². The van der Waals surface area contributed by atoms with Gasteiger partial charge in [0.05, 0.1) is 24.2 Å². The largest absolute Gasteiger partial charge is 0.497 e. The molecule has 0 bridgehead atoms. The van der Waals surface area contributed by atoms with Crippen molar-refractivity contribution < 1.29 is 4.74 Å². The lowest BCUT2D eigenvalue weighted by Gasteiger charge is -2.14. The van der Waals surface area contributed by atoms with Gasteiger partial charge in [-0.05, 0) is 35.9 Å². The zero-order chi connectivity index (χ0) is 18.6. The van der Waals surface area contributed by atoms with Gasteiger partial charge in [0, 0.05) is 5.56 Å². The van der Waals surface area contributed by atoms with Gasteiger partial charge in [-0.25, -0.2) is 4.79 Å². The van der Waals surface area contributed by atoms with Gasteiger partial charge in [0.1, 0.15) is 5.75 Å². The number of rotatable bonds is 4. The Hall–Kier alpha value is -3.66. The molecule has 0 spiro atoms. The molecule has 0 amide bonds. The van der Waals surface area contributed by atoms with Gasteiger partial charge in [-0.1, -0.05) is 60.7 Å². The first-order valence-electron chi connectivity index (χ1n) is 8.65. The molecule has 4 rings (SSSR count). The molecule has 0 fully saturated rings. The average molecular weight is 354 g/mol. The highest BCUT2D eigenvalue weighted by Gasteiger charge is 2.13. The van der Waals surface area contributed by atoms with E-state index in [2.05, 4.69) is 4.98 Å². The number of ether oxygens (including phenoxy) is 1. The Bertz CT molecular complexity index is 1100. The minimum Gasteiger partial charge on any atom is -0.497 e. The second-order valence-corrected chi connectivity index (χ2v) is 6.07. The van der Waals surface area contributed by atoms with Crippen LogP contribution in [0, 0.1) is 0 Å². The van der Waals surface area contributed by atoms with E-state index < -0.39 is 0 Å². The molecule has 0 atom stereocenters. The van der Waals surface area contributed by atoms with E-state index in [-0.39, 0.29) is 5.69 Å². The van der Waals surface area contributed by atoms with E-state index in [1.54, 1.807) is 11.7 Å². The summed E-state index contributed by atoms with van der Waals surface area (Å²) >= 11 is 0. The van der Waals surface area contributed by atoms with Crippen LogP contribution in [0.3, 0.4) is 0 Å². The lowest BCUT2D eigenvalue weighted by Crippen LogP contribution is -2.23. The lowest BCUT2D eigenvalue weighted by molar-refractivity contribution is 0.414. The Morgan fingerprint density at radius 1 is 0.778 bits per heavy atom. The fraction of sp³-hybridized carbons (Fsp3) is 0.0435. The summed E-state index contributed by atoms with van der Waals surface area (Å²) in [6.45, 7) is 0. The number of aromatic nitrogens is 2. The molecular weight excluding hydrogens is 336 g/mol. The van der Waals surface area contributed by atoms with Crippen molar-refractivity contribution in [2.75, 3.05) is 7.11 Å². The average Bonchev–Trinajstić information content (AvgIpc) is 2.74. The number of hydrogen-bond acceptors (Lipinski definition) is 3. The zero-order valence-corrected chi connectivity index (χ0v) is 14.9. The first-order valence-corrected chi connectivity index (χ1v) is 8.65. The Balaban J connectivity index is 1.96. The molecule has 4 nitrogen and oxygen atoms in total. The van der Waals surface area contributed by atoms with E-state index >= 15 is 0 Å². The van der Waals surface area contributed by atoms with Crippen LogP contribution in [0.25, 0.3) is 28.2 Å². The fourth-order valence-corrected chi connectivity index (χ4v) is 3.04. The number of hydrogen-bond donors (Lipinski definition) is 0. The van der Waals surface area contributed by atoms with Crippen LogP contribution < -0.4 is 10.4 Å². The third-order valence-electron chi connectivity index (χ3n) is 4.39. The van der Waals surface area contributed by atoms with Crippen molar-refractivity contribution in [2.24, 2.45) is 0 Å². The van der Waals surface area contributed by atoms with Gasteiger partial charge in [0.15, 0.2) is 0 Å². The standard InChI is InChI=1S/C23H18N2O2/c1-27-20-14-12-19(13-15-20)25-22(18-10-6-3-7-11-18)16-21(24-23(25)26)17-8-4-2-5-9-17/h2-16H,1H3. The predicted molar refractivity (Wildman–Crippen MR) is 107 cm³/mol. The predicted octanol–water partition coefficient (Wildman–Crippen LogP) is 4.58. The van der Waals surface area contributed by atoms with Crippen molar-refractivity contribution in [3.05, 3.63) is 101 Å². The second-order valence-electron chi connectivity index (χ2n) is 6.07. The number of methoxy groups -OCH3 is 1. The molecular formula is C23H18N2O2. The molecule has 0 radical (unpaired) electrons. The highest BCUT2D eigenvalue weighted by molar-refractivity contribution is 5.69. The Kier molecular flexibility index (Phi) is 4.54. The van der Waals surface area contributed by atoms with Crippen LogP contribution >= 0.6 is 0 Å². The van der Waals surface area contributed by atoms with Gasteiger partial charge >= 0.3 is 5.69 Å². The van der Waals surface area contributed by atoms with E-state index in [9.17, 15) is 4.79 Å². The molecule has 4 aromatic rings. The smallest absolute Gasteiger partial charge is 0.353 e. The van der Waals surface area contributed by atoms with E-state index in [0.717, 1.165) is 28.3 Å². The Morgan fingerprint density at radius 3 is 1.96 bits per heavy atom. The maximum absolute atomic E-state index is 13.0. The molecule has 4 heteroatoms. The van der Waals surface area contributed by atoms with Crippen molar-refractivity contribution >= 4 is 0 Å². The molecule has 0 aliphatic rings. The van der Waals surface area contributed by atoms with Gasteiger partial charge in [-0.2, -0.15) is 4.98 Å². The molecule has 27 heavy (non-hydrogen) atoms. The molecule has 1 aromatic heterocycles. The molecule has 0 aliphatic carbocycles. The maximum atomic E-state index is 13.0. The van der Waals surface area contributed by atoms with Crippen LogP contribution in [0.1, 0.15) is 0 Å². The summed E-state index contributed by atoms with van der Waals surface area (Å²) in [6, 6.07) is 28.9. The highest BCUT2D eigenvalue weighted by atomic mass is 16.5. The first kappa shape index (κ1) is 16.8. The van der Waals surface area contributed by atoms with Crippen molar-refractivity contribution in [2.45, 2.75) is 0 Å². The molecule has 1 heterocycles. The monoisotopic (exact) mass is 354 g/mol. The van der Waals surface area contributed by atoms with Gasteiger partial charge < -0.3 is 4.74 Å². The Labute approximate surface area is 157 Å². The molecule has 0 saturated carbocycles. The summed E-state index contributed by atoms with van der Waals surface area (Å²) in [6.07, 6.45) is 0. The molecule has 0 N–H and O–H groups in total. The van der Waals surface area contributed by atoms with Crippen molar-refractivity contribution in [3.8, 4) is 34.0 Å². The molecule has 132 valence electrons. The highest BCUT2D eigenvalue weighted by Crippen LogP contribution is 2.26. The summed E-state index contributed by atoms with van der Waals surface area (Å²) < 4.78 is 6.85. The van der Waals surface area contributed by atoms with Crippen molar-refractivity contribution in [1.82, 2.24) is 9.55 Å². The summed E-state index contributed by atoms with van der Waals surface area (Å²) in [5.41, 5.74) is 3.73. The summed E-state index contributed by atoms with van der Waals surface area (Å²) in [5.74, 6) is 0.738. The van der Waals surface area contributed by atoms with Crippen LogP contribution in [-0.4, -0.2) is 16.7 Å². The number of benzene rings is 3. The minimum atomic E-state index is -0.319. The summed E-state index contributed by atoms with van der Waals surface area (Å²) in [7, 11) is 1.62.